The van der Waals surface area contributed by atoms with Crippen LogP contribution >= 0.6 is 22.7 Å². The van der Waals surface area contributed by atoms with Crippen molar-refractivity contribution in [2.24, 2.45) is 0 Å². The maximum atomic E-state index is 12.4. The number of aromatic nitrogens is 2. The van der Waals surface area contributed by atoms with E-state index in [0.29, 0.717) is 5.01 Å². The first-order chi connectivity index (χ1) is 12.5. The minimum atomic E-state index is -0.0524. The van der Waals surface area contributed by atoms with Crippen LogP contribution < -0.4 is 10.2 Å². The minimum absolute atomic E-state index is 0.0524. The van der Waals surface area contributed by atoms with Gasteiger partial charge in [0.15, 0.2) is 10.1 Å². The van der Waals surface area contributed by atoms with Crippen molar-refractivity contribution in [3.05, 3.63) is 32.2 Å². The summed E-state index contributed by atoms with van der Waals surface area (Å²) >= 11 is 3.32. The van der Waals surface area contributed by atoms with Gasteiger partial charge >= 0.3 is 0 Å². The van der Waals surface area contributed by atoms with Gasteiger partial charge < -0.3 is 10.2 Å². The molecule has 1 N–H and O–H groups in total. The van der Waals surface area contributed by atoms with E-state index in [2.05, 4.69) is 22.1 Å². The Kier molecular flexibility index (Phi) is 4.84. The monoisotopic (exact) mass is 388 g/mol. The zero-order valence-corrected chi connectivity index (χ0v) is 17.1. The maximum absolute atomic E-state index is 12.4. The Morgan fingerprint density at radius 2 is 2.12 bits per heavy atom. The van der Waals surface area contributed by atoms with Gasteiger partial charge in [-0.15, -0.1) is 22.7 Å². The third-order valence-corrected chi connectivity index (χ3v) is 6.95. The van der Waals surface area contributed by atoms with Gasteiger partial charge in [0, 0.05) is 30.2 Å². The fraction of sp³-hybridized carbons (Fsp3) is 0.526. The molecule has 7 heteroatoms. The summed E-state index contributed by atoms with van der Waals surface area (Å²) in [7, 11) is 0. The lowest BCUT2D eigenvalue weighted by molar-refractivity contribution is 0.0942. The summed E-state index contributed by atoms with van der Waals surface area (Å²) in [4.78, 5) is 26.5. The SMILES string of the molecule is Cc1cnc(N2CCC3=C(C2)c2sc(C(=O)NC(C)C)nc2CCC3)s1. The van der Waals surface area contributed by atoms with Crippen LogP contribution in [0.2, 0.25) is 0 Å². The van der Waals surface area contributed by atoms with E-state index in [9.17, 15) is 4.79 Å². The molecule has 0 radical (unpaired) electrons. The quantitative estimate of drug-likeness (QED) is 0.862. The summed E-state index contributed by atoms with van der Waals surface area (Å²) in [6, 6.07) is 0.124. The number of amides is 1. The van der Waals surface area contributed by atoms with E-state index < -0.39 is 0 Å². The summed E-state index contributed by atoms with van der Waals surface area (Å²) in [6.45, 7) is 7.96. The van der Waals surface area contributed by atoms with Crippen molar-refractivity contribution < 1.29 is 4.79 Å². The van der Waals surface area contributed by atoms with Crippen molar-refractivity contribution in [3.8, 4) is 0 Å². The lowest BCUT2D eigenvalue weighted by Gasteiger charge is -2.30. The minimum Gasteiger partial charge on any atom is -0.348 e. The number of hydrogen-bond acceptors (Lipinski definition) is 6. The standard InChI is InChI=1S/C19H24N4OS2/c1-11(2)21-17(24)18-22-15-6-4-5-13-7-8-23(10-14(13)16(15)26-18)19-20-9-12(3)25-19/h9,11H,4-8,10H2,1-3H3,(H,21,24). The molecule has 26 heavy (non-hydrogen) atoms. The summed E-state index contributed by atoms with van der Waals surface area (Å²) < 4.78 is 0. The summed E-state index contributed by atoms with van der Waals surface area (Å²) in [5.74, 6) is -0.0524. The molecular weight excluding hydrogens is 364 g/mol. The lowest BCUT2D eigenvalue weighted by atomic mass is 9.97. The average molecular weight is 389 g/mol. The third-order valence-electron chi connectivity index (χ3n) is 4.82. The molecule has 1 aliphatic carbocycles. The van der Waals surface area contributed by atoms with Gasteiger partial charge in [0.1, 0.15) is 0 Å². The number of thiazole rings is 2. The van der Waals surface area contributed by atoms with E-state index in [1.807, 2.05) is 20.0 Å². The van der Waals surface area contributed by atoms with Crippen molar-refractivity contribution >= 4 is 39.3 Å². The summed E-state index contributed by atoms with van der Waals surface area (Å²) in [5, 5.41) is 4.66. The average Bonchev–Trinajstić information content (AvgIpc) is 3.18. The predicted molar refractivity (Wildman–Crippen MR) is 108 cm³/mol. The molecule has 4 rings (SSSR count). The van der Waals surface area contributed by atoms with Gasteiger partial charge in [-0.25, -0.2) is 9.97 Å². The van der Waals surface area contributed by atoms with E-state index in [1.54, 1.807) is 28.2 Å². The highest BCUT2D eigenvalue weighted by molar-refractivity contribution is 7.15. The van der Waals surface area contributed by atoms with Gasteiger partial charge in [0.2, 0.25) is 0 Å². The fourth-order valence-corrected chi connectivity index (χ4v) is 5.49. The maximum Gasteiger partial charge on any atom is 0.280 e. The number of aryl methyl sites for hydroxylation is 2. The molecule has 0 bridgehead atoms. The second-order valence-electron chi connectivity index (χ2n) is 7.28. The van der Waals surface area contributed by atoms with Gasteiger partial charge in [0.05, 0.1) is 10.6 Å². The largest absolute Gasteiger partial charge is 0.348 e. The van der Waals surface area contributed by atoms with Crippen LogP contribution in [-0.4, -0.2) is 35.0 Å². The number of rotatable bonds is 3. The molecule has 2 aromatic rings. The third kappa shape index (κ3) is 3.42. The molecule has 2 aliphatic rings. The second-order valence-corrected chi connectivity index (χ2v) is 9.50. The molecular formula is C19H24N4OS2. The number of nitrogens with zero attached hydrogens (tertiary/aromatic N) is 3. The molecule has 2 aromatic heterocycles. The Labute approximate surface area is 162 Å². The van der Waals surface area contributed by atoms with Crippen LogP contribution in [-0.2, 0) is 6.42 Å². The van der Waals surface area contributed by atoms with Crippen LogP contribution in [0.5, 0.6) is 0 Å². The van der Waals surface area contributed by atoms with Crippen molar-refractivity contribution in [2.45, 2.75) is 52.5 Å². The van der Waals surface area contributed by atoms with Crippen molar-refractivity contribution in [3.63, 3.8) is 0 Å². The zero-order chi connectivity index (χ0) is 18.3. The van der Waals surface area contributed by atoms with Crippen LogP contribution in [0.15, 0.2) is 11.8 Å². The Morgan fingerprint density at radius 3 is 2.85 bits per heavy atom. The number of hydrogen-bond donors (Lipinski definition) is 1. The number of nitrogens with one attached hydrogen (secondary N) is 1. The van der Waals surface area contributed by atoms with Crippen molar-refractivity contribution in [1.82, 2.24) is 15.3 Å². The molecule has 0 atom stereocenters. The molecule has 0 unspecified atom stereocenters. The predicted octanol–water partition coefficient (Wildman–Crippen LogP) is 4.05. The van der Waals surface area contributed by atoms with Gasteiger partial charge in [-0.05, 0) is 52.0 Å². The molecule has 0 fully saturated rings. The van der Waals surface area contributed by atoms with E-state index in [0.717, 1.165) is 49.6 Å². The van der Waals surface area contributed by atoms with E-state index in [4.69, 9.17) is 4.98 Å². The normalized spacial score (nSPS) is 17.2. The Balaban J connectivity index is 1.65. The smallest absolute Gasteiger partial charge is 0.280 e. The van der Waals surface area contributed by atoms with E-state index in [1.165, 1.54) is 15.3 Å². The van der Waals surface area contributed by atoms with Gasteiger partial charge in [-0.3, -0.25) is 4.79 Å². The van der Waals surface area contributed by atoms with Crippen molar-refractivity contribution in [2.75, 3.05) is 18.0 Å². The van der Waals surface area contributed by atoms with Crippen LogP contribution in [0.3, 0.4) is 0 Å². The molecule has 138 valence electrons. The summed E-state index contributed by atoms with van der Waals surface area (Å²) in [6.07, 6.45) is 6.26. The van der Waals surface area contributed by atoms with Crippen LogP contribution in [0.4, 0.5) is 5.13 Å². The molecule has 3 heterocycles. The van der Waals surface area contributed by atoms with Gasteiger partial charge in [-0.2, -0.15) is 0 Å². The first-order valence-electron chi connectivity index (χ1n) is 9.20. The number of anilines is 1. The topological polar surface area (TPSA) is 58.1 Å². The highest BCUT2D eigenvalue weighted by atomic mass is 32.1. The Bertz CT molecular complexity index is 865. The van der Waals surface area contributed by atoms with Gasteiger partial charge in [0.25, 0.3) is 5.91 Å². The zero-order valence-electron chi connectivity index (χ0n) is 15.5. The number of carbonyl (C=O) groups is 1. The lowest BCUT2D eigenvalue weighted by Crippen LogP contribution is -2.31. The molecule has 1 aliphatic heterocycles. The molecule has 0 saturated carbocycles. The Hall–Kier alpha value is -1.73. The molecule has 1 amide bonds. The van der Waals surface area contributed by atoms with Crippen LogP contribution in [0.25, 0.3) is 5.57 Å². The van der Waals surface area contributed by atoms with E-state index >= 15 is 0 Å². The first-order valence-corrected chi connectivity index (χ1v) is 10.8. The first kappa shape index (κ1) is 17.7. The summed E-state index contributed by atoms with van der Waals surface area (Å²) in [5.41, 5.74) is 4.04. The molecule has 5 nitrogen and oxygen atoms in total. The van der Waals surface area contributed by atoms with Gasteiger partial charge in [-0.1, -0.05) is 5.57 Å². The second kappa shape index (κ2) is 7.12. The molecule has 0 aromatic carbocycles. The highest BCUT2D eigenvalue weighted by Crippen LogP contribution is 2.39. The number of fused-ring (bicyclic) bond motifs is 2. The highest BCUT2D eigenvalue weighted by Gasteiger charge is 2.28. The fourth-order valence-electron chi connectivity index (χ4n) is 3.61. The van der Waals surface area contributed by atoms with Crippen molar-refractivity contribution in [1.29, 1.82) is 0 Å². The molecule has 0 saturated heterocycles. The number of carbonyl (C=O) groups excluding carboxylic acids is 1. The molecule has 0 spiro atoms. The Morgan fingerprint density at radius 1 is 1.27 bits per heavy atom. The van der Waals surface area contributed by atoms with E-state index in [-0.39, 0.29) is 11.9 Å². The van der Waals surface area contributed by atoms with Crippen LogP contribution in [0.1, 0.15) is 58.4 Å². The van der Waals surface area contributed by atoms with Crippen LogP contribution in [0, 0.1) is 6.92 Å².